The van der Waals surface area contributed by atoms with Crippen LogP contribution in [0, 0.1) is 34.0 Å². The maximum Gasteiger partial charge on any atom is 0.364 e. The van der Waals surface area contributed by atoms with Crippen molar-refractivity contribution in [1.82, 2.24) is 5.32 Å². The molecule has 10 heteroatoms. The molecule has 1 aliphatic heterocycles. The Balaban J connectivity index is 2.81. The second-order valence-electron chi connectivity index (χ2n) is 5.56. The first kappa shape index (κ1) is 21.0. The molecule has 2 rings (SSSR count). The van der Waals surface area contributed by atoms with Crippen molar-refractivity contribution in [1.29, 1.82) is 15.8 Å². The number of nitrogens with one attached hydrogen (secondary N) is 1. The van der Waals surface area contributed by atoms with Gasteiger partial charge in [-0.2, -0.15) is 15.8 Å². The van der Waals surface area contributed by atoms with Gasteiger partial charge in [0.2, 0.25) is 0 Å². The number of ketones is 1. The van der Waals surface area contributed by atoms with Crippen LogP contribution in [0.2, 0.25) is 0 Å². The maximum absolute atomic E-state index is 13.2. The molecule has 0 aliphatic carbocycles. The molecule has 1 atom stereocenters. The summed E-state index contributed by atoms with van der Waals surface area (Å²) in [7, 11) is 3.71. The Bertz CT molecular complexity index is 1070. The number of methoxy groups -OCH3 is 3. The number of benzene rings is 1. The lowest BCUT2D eigenvalue weighted by Crippen LogP contribution is -2.52. The van der Waals surface area contributed by atoms with Gasteiger partial charge in [-0.1, -0.05) is 0 Å². The average molecular weight is 394 g/mol. The van der Waals surface area contributed by atoms with Crippen LogP contribution in [-0.4, -0.2) is 43.9 Å². The third-order valence-electron chi connectivity index (χ3n) is 4.11. The van der Waals surface area contributed by atoms with Crippen LogP contribution in [0.5, 0.6) is 11.5 Å². The first-order valence-electron chi connectivity index (χ1n) is 7.88. The number of carbonyl (C=O) groups excluding carboxylic acids is 2. The fraction of sp³-hybridized carbons (Fsp3) is 0.211. The third kappa shape index (κ3) is 3.34. The summed E-state index contributed by atoms with van der Waals surface area (Å²) < 4.78 is 14.8. The minimum absolute atomic E-state index is 0.0498. The molecular weight excluding hydrogens is 380 g/mol. The molecule has 2 N–H and O–H groups in total. The molecule has 0 amide bonds. The van der Waals surface area contributed by atoms with Gasteiger partial charge in [-0.05, 0) is 18.2 Å². The van der Waals surface area contributed by atoms with Crippen LogP contribution in [0.15, 0.2) is 40.6 Å². The number of Topliss-reactive ketones (excluding diaryl/α,β-unsaturated/α-hetero) is 1. The number of carbonyl (C=O) groups is 2. The van der Waals surface area contributed by atoms with E-state index in [0.717, 1.165) is 7.11 Å². The van der Waals surface area contributed by atoms with Crippen LogP contribution in [0.3, 0.4) is 0 Å². The number of esters is 1. The highest BCUT2D eigenvalue weighted by Crippen LogP contribution is 2.37. The van der Waals surface area contributed by atoms with E-state index in [1.807, 2.05) is 0 Å². The van der Waals surface area contributed by atoms with Gasteiger partial charge in [0.05, 0.1) is 38.2 Å². The van der Waals surface area contributed by atoms with E-state index in [9.17, 15) is 20.0 Å². The Morgan fingerprint density at radius 3 is 2.17 bits per heavy atom. The van der Waals surface area contributed by atoms with Gasteiger partial charge in [-0.25, -0.2) is 4.79 Å². The highest BCUT2D eigenvalue weighted by molar-refractivity contribution is 6.16. The zero-order valence-electron chi connectivity index (χ0n) is 15.6. The van der Waals surface area contributed by atoms with Crippen molar-refractivity contribution in [3.63, 3.8) is 0 Å². The molecule has 10 nitrogen and oxygen atoms in total. The van der Waals surface area contributed by atoms with Gasteiger partial charge in [-0.3, -0.25) is 4.79 Å². The van der Waals surface area contributed by atoms with Crippen LogP contribution in [0.1, 0.15) is 10.4 Å². The van der Waals surface area contributed by atoms with Crippen molar-refractivity contribution in [2.45, 2.75) is 5.72 Å². The van der Waals surface area contributed by atoms with Crippen molar-refractivity contribution in [2.24, 2.45) is 0 Å². The van der Waals surface area contributed by atoms with Crippen molar-refractivity contribution < 1.29 is 28.9 Å². The van der Waals surface area contributed by atoms with Crippen molar-refractivity contribution in [3.05, 3.63) is 46.2 Å². The van der Waals surface area contributed by atoms with Crippen molar-refractivity contribution in [3.8, 4) is 29.7 Å². The highest BCUT2D eigenvalue weighted by atomic mass is 16.5. The second-order valence-corrected chi connectivity index (χ2v) is 5.56. The summed E-state index contributed by atoms with van der Waals surface area (Å²) in [5.74, 6) is -1.72. The molecule has 0 aromatic heterocycles. The summed E-state index contributed by atoms with van der Waals surface area (Å²) in [4.78, 5) is 25.4. The minimum atomic E-state index is -2.78. The summed E-state index contributed by atoms with van der Waals surface area (Å²) in [6.45, 7) is 0. The fourth-order valence-corrected chi connectivity index (χ4v) is 2.75. The van der Waals surface area contributed by atoms with Crippen LogP contribution in [0.25, 0.3) is 0 Å². The quantitative estimate of drug-likeness (QED) is 0.407. The average Bonchev–Trinajstić information content (AvgIpc) is 3.06. The van der Waals surface area contributed by atoms with Crippen LogP contribution in [0.4, 0.5) is 0 Å². The van der Waals surface area contributed by atoms with Gasteiger partial charge in [0, 0.05) is 5.56 Å². The normalized spacial score (nSPS) is 17.3. The second kappa shape index (κ2) is 8.13. The maximum atomic E-state index is 13.2. The molecule has 29 heavy (non-hydrogen) atoms. The molecule has 0 radical (unpaired) electrons. The SMILES string of the molecule is COC(=O)C1(O)NC(=C(C#N)C#N)C(C#N)=C1C(=O)c1ccc(OC)c(OC)c1. The lowest BCUT2D eigenvalue weighted by Gasteiger charge is -2.23. The van der Waals surface area contributed by atoms with Gasteiger partial charge in [0.15, 0.2) is 22.9 Å². The zero-order valence-corrected chi connectivity index (χ0v) is 15.6. The Morgan fingerprint density at radius 2 is 1.69 bits per heavy atom. The van der Waals surface area contributed by atoms with Gasteiger partial charge >= 0.3 is 5.97 Å². The zero-order chi connectivity index (χ0) is 21.8. The van der Waals surface area contributed by atoms with E-state index in [1.54, 1.807) is 18.2 Å². The van der Waals surface area contributed by atoms with E-state index in [-0.39, 0.29) is 11.3 Å². The Hall–Kier alpha value is -4.33. The molecule has 0 saturated carbocycles. The van der Waals surface area contributed by atoms with E-state index < -0.39 is 39.9 Å². The standard InChI is InChI=1S/C19H14N4O6/c1-27-13-5-4-10(6-14(13)28-2)17(24)15-12(9-22)16(11(7-20)8-21)23-19(15,26)18(25)29-3/h4-6,23,26H,1-3H3. The topological polar surface area (TPSA) is 165 Å². The highest BCUT2D eigenvalue weighted by Gasteiger charge is 2.53. The lowest BCUT2D eigenvalue weighted by molar-refractivity contribution is -0.159. The van der Waals surface area contributed by atoms with Gasteiger partial charge in [0.1, 0.15) is 18.2 Å². The third-order valence-corrected chi connectivity index (χ3v) is 4.11. The largest absolute Gasteiger partial charge is 0.493 e. The molecule has 0 bridgehead atoms. The monoisotopic (exact) mass is 394 g/mol. The van der Waals surface area contributed by atoms with Gasteiger partial charge in [-0.15, -0.1) is 0 Å². The van der Waals surface area contributed by atoms with Crippen molar-refractivity contribution in [2.75, 3.05) is 21.3 Å². The molecular formula is C19H14N4O6. The number of nitrogens with zero attached hydrogens (tertiary/aromatic N) is 3. The number of aliphatic hydroxyl groups is 1. The number of rotatable bonds is 5. The molecule has 1 aliphatic rings. The number of allylic oxidation sites excluding steroid dienone is 2. The lowest BCUT2D eigenvalue weighted by atomic mass is 9.92. The predicted molar refractivity (Wildman–Crippen MR) is 94.9 cm³/mol. The Kier molecular flexibility index (Phi) is 5.88. The first-order valence-corrected chi connectivity index (χ1v) is 7.88. The van der Waals surface area contributed by atoms with E-state index >= 15 is 0 Å². The number of nitriles is 3. The minimum Gasteiger partial charge on any atom is -0.493 e. The molecule has 0 fully saturated rings. The van der Waals surface area contributed by atoms with E-state index in [4.69, 9.17) is 20.0 Å². The molecule has 1 heterocycles. The predicted octanol–water partition coefficient (Wildman–Crippen LogP) is 0.473. The van der Waals surface area contributed by atoms with Crippen LogP contribution in [-0.2, 0) is 9.53 Å². The summed E-state index contributed by atoms with van der Waals surface area (Å²) in [6.07, 6.45) is 0. The fourth-order valence-electron chi connectivity index (χ4n) is 2.75. The van der Waals surface area contributed by atoms with Crippen LogP contribution < -0.4 is 14.8 Å². The molecule has 1 aromatic rings. The molecule has 1 aromatic carbocycles. The van der Waals surface area contributed by atoms with Gasteiger partial charge < -0.3 is 24.6 Å². The van der Waals surface area contributed by atoms with Crippen LogP contribution >= 0.6 is 0 Å². The van der Waals surface area contributed by atoms with E-state index in [0.29, 0.717) is 5.75 Å². The summed E-state index contributed by atoms with van der Waals surface area (Å²) in [5.41, 5.74) is -5.09. The number of hydrogen-bond donors (Lipinski definition) is 2. The Morgan fingerprint density at radius 1 is 1.07 bits per heavy atom. The number of ether oxygens (including phenoxy) is 3. The summed E-state index contributed by atoms with van der Waals surface area (Å²) >= 11 is 0. The van der Waals surface area contributed by atoms with E-state index in [2.05, 4.69) is 10.1 Å². The first-order chi connectivity index (χ1) is 13.8. The molecule has 0 spiro atoms. The summed E-state index contributed by atoms with van der Waals surface area (Å²) in [5, 5.41) is 40.9. The van der Waals surface area contributed by atoms with Crippen molar-refractivity contribution >= 4 is 11.8 Å². The molecule has 146 valence electrons. The smallest absolute Gasteiger partial charge is 0.364 e. The number of hydrogen-bond acceptors (Lipinski definition) is 10. The Labute approximate surface area is 165 Å². The molecule has 0 saturated heterocycles. The molecule has 1 unspecified atom stereocenters. The van der Waals surface area contributed by atoms with E-state index in [1.165, 1.54) is 32.4 Å². The summed E-state index contributed by atoms with van der Waals surface area (Å²) in [6, 6.07) is 8.80. The van der Waals surface area contributed by atoms with Gasteiger partial charge in [0.25, 0.3) is 5.72 Å².